The molecule has 1 saturated carbocycles. The van der Waals surface area contributed by atoms with Gasteiger partial charge in [0.05, 0.1) is 55.8 Å². The number of nitrogens with zero attached hydrogens (tertiary/aromatic N) is 5. The van der Waals surface area contributed by atoms with E-state index >= 15 is 0 Å². The third-order valence-corrected chi connectivity index (χ3v) is 9.63. The lowest BCUT2D eigenvalue weighted by molar-refractivity contribution is -0.138. The Morgan fingerprint density at radius 2 is 1.88 bits per heavy atom. The molecule has 1 aliphatic carbocycles. The number of aliphatic hydroxyl groups is 1. The minimum Gasteiger partial charge on any atom is -0.395 e. The van der Waals surface area contributed by atoms with Gasteiger partial charge in [-0.05, 0) is 48.6 Å². The molecular formula is C37H43N7O7. The van der Waals surface area contributed by atoms with Crippen molar-refractivity contribution in [3.8, 4) is 0 Å². The number of anilines is 1. The fourth-order valence-electron chi connectivity index (χ4n) is 6.69. The van der Waals surface area contributed by atoms with Gasteiger partial charge in [0.1, 0.15) is 5.84 Å². The Labute approximate surface area is 296 Å². The van der Waals surface area contributed by atoms with E-state index in [4.69, 9.17) is 10.5 Å². The number of rotatable bonds is 14. The van der Waals surface area contributed by atoms with E-state index in [0.29, 0.717) is 61.7 Å². The predicted molar refractivity (Wildman–Crippen MR) is 188 cm³/mol. The Morgan fingerprint density at radius 1 is 1.10 bits per heavy atom. The second-order valence-corrected chi connectivity index (χ2v) is 13.2. The zero-order valence-electron chi connectivity index (χ0n) is 28.7. The van der Waals surface area contributed by atoms with Crippen molar-refractivity contribution in [2.75, 3.05) is 51.3 Å². The van der Waals surface area contributed by atoms with Crippen LogP contribution in [0.1, 0.15) is 61.4 Å². The third-order valence-electron chi connectivity index (χ3n) is 9.63. The van der Waals surface area contributed by atoms with Crippen molar-refractivity contribution in [1.29, 1.82) is 0 Å². The van der Waals surface area contributed by atoms with Gasteiger partial charge in [-0.25, -0.2) is 4.99 Å². The zero-order valence-corrected chi connectivity index (χ0v) is 28.7. The first-order chi connectivity index (χ1) is 24.6. The normalized spacial score (nSPS) is 17.3. The van der Waals surface area contributed by atoms with E-state index < -0.39 is 5.41 Å². The van der Waals surface area contributed by atoms with Crippen LogP contribution in [0.25, 0.3) is 6.08 Å². The number of carbonyl (C=O) groups is 5. The van der Waals surface area contributed by atoms with Crippen molar-refractivity contribution in [2.24, 2.45) is 10.7 Å². The number of carbonyl (C=O) groups excluding carboxylic acids is 5. The molecule has 268 valence electrons. The van der Waals surface area contributed by atoms with Crippen LogP contribution in [0.4, 0.5) is 11.4 Å². The highest BCUT2D eigenvalue weighted by molar-refractivity contribution is 6.13. The van der Waals surface area contributed by atoms with Crippen molar-refractivity contribution in [1.82, 2.24) is 19.7 Å². The van der Waals surface area contributed by atoms with Crippen molar-refractivity contribution in [2.45, 2.75) is 57.4 Å². The smallest absolute Gasteiger partial charge is 0.253 e. The predicted octanol–water partition coefficient (Wildman–Crippen LogP) is 1.98. The summed E-state index contributed by atoms with van der Waals surface area (Å²) in [5.41, 5.74) is 10.4. The number of benzene rings is 1. The van der Waals surface area contributed by atoms with Gasteiger partial charge in [-0.1, -0.05) is 19.1 Å². The Hall–Kier alpha value is -5.21. The number of imide groups is 1. The molecule has 14 nitrogen and oxygen atoms in total. The van der Waals surface area contributed by atoms with Gasteiger partial charge in [-0.15, -0.1) is 0 Å². The summed E-state index contributed by atoms with van der Waals surface area (Å²) in [4.78, 5) is 76.9. The summed E-state index contributed by atoms with van der Waals surface area (Å²) >= 11 is 0. The van der Waals surface area contributed by atoms with Crippen molar-refractivity contribution in [3.63, 3.8) is 0 Å². The fraction of sp³-hybridized carbons (Fsp3) is 0.432. The van der Waals surface area contributed by atoms with E-state index in [-0.39, 0.29) is 75.3 Å². The first-order valence-corrected chi connectivity index (χ1v) is 17.4. The van der Waals surface area contributed by atoms with Crippen molar-refractivity contribution >= 4 is 52.8 Å². The van der Waals surface area contributed by atoms with E-state index in [1.165, 1.54) is 12.2 Å². The van der Waals surface area contributed by atoms with E-state index in [0.717, 1.165) is 33.7 Å². The highest BCUT2D eigenvalue weighted by atomic mass is 16.5. The van der Waals surface area contributed by atoms with Crippen molar-refractivity contribution in [3.05, 3.63) is 70.6 Å². The molecule has 0 radical (unpaired) electrons. The number of pyridine rings is 1. The lowest BCUT2D eigenvalue weighted by Crippen LogP contribution is -2.37. The Balaban J connectivity index is 1.07. The monoisotopic (exact) mass is 697 g/mol. The van der Waals surface area contributed by atoms with Crippen LogP contribution >= 0.6 is 0 Å². The van der Waals surface area contributed by atoms with Gasteiger partial charge in [0.2, 0.25) is 17.7 Å². The minimum atomic E-state index is -0.739. The first-order valence-electron chi connectivity index (χ1n) is 17.4. The molecule has 14 heteroatoms. The summed E-state index contributed by atoms with van der Waals surface area (Å²) in [5.74, 6) is -0.854. The topological polar surface area (TPSA) is 188 Å². The maximum atomic E-state index is 13.8. The number of aliphatic imine (C=N–C) groups is 1. The summed E-state index contributed by atoms with van der Waals surface area (Å²) in [7, 11) is 0. The standard InChI is InChI=1S/C37H43N7O7/c1-2-11-42(13-15-45)35(49)25-18-24-3-4-27(21-30(24)41-31(38)20-25)37(9-10-37)36(50)40-28-19-26-23-43(12-7-29(26)39-22-28)32(46)8-16-51-17-14-44-33(47)5-6-34(44)48/h3-6,18-19,21-22,45H,2,7-17,20,23H2,1H3,(H2,38,41)(H,40,50). The number of nitrogens with one attached hydrogen (secondary N) is 1. The molecule has 3 aliphatic heterocycles. The van der Waals surface area contributed by atoms with Crippen LogP contribution < -0.4 is 11.1 Å². The molecule has 1 fully saturated rings. The number of aliphatic hydroxyl groups excluding tert-OH is 1. The van der Waals surface area contributed by atoms with Crippen molar-refractivity contribution < 1.29 is 33.8 Å². The SMILES string of the molecule is CCCN(CCO)C(=O)C1=Cc2ccc(C3(C(=O)Nc4cnc5c(c4)CN(C(=O)CCOCCN4C(=O)C=CC4=O)CC5)CC3)cc2N=C(N)C1. The largest absolute Gasteiger partial charge is 0.395 e. The van der Waals surface area contributed by atoms with Crippen LogP contribution in [-0.2, 0) is 47.1 Å². The van der Waals surface area contributed by atoms with Crippen LogP contribution in [-0.4, -0.2) is 106 Å². The van der Waals surface area contributed by atoms with Gasteiger partial charge in [0.15, 0.2) is 0 Å². The maximum absolute atomic E-state index is 13.8. The first kappa shape index (κ1) is 35.6. The number of amides is 5. The summed E-state index contributed by atoms with van der Waals surface area (Å²) in [5, 5.41) is 12.5. The summed E-state index contributed by atoms with van der Waals surface area (Å²) in [6.45, 7) is 3.95. The molecule has 51 heavy (non-hydrogen) atoms. The molecule has 0 unspecified atom stereocenters. The Morgan fingerprint density at radius 3 is 2.61 bits per heavy atom. The van der Waals surface area contributed by atoms with E-state index in [1.807, 2.05) is 31.2 Å². The molecule has 0 atom stereocenters. The number of hydrogen-bond donors (Lipinski definition) is 3. The Bertz CT molecular complexity index is 1810. The lowest BCUT2D eigenvalue weighted by Gasteiger charge is -2.29. The molecule has 1 aromatic heterocycles. The molecule has 5 amide bonds. The average molecular weight is 698 g/mol. The number of nitrogens with two attached hydrogens (primary N) is 1. The van der Waals surface area contributed by atoms with Crippen LogP contribution in [0.2, 0.25) is 0 Å². The fourth-order valence-corrected chi connectivity index (χ4v) is 6.69. The minimum absolute atomic E-state index is 0.0803. The highest BCUT2D eigenvalue weighted by Crippen LogP contribution is 2.50. The van der Waals surface area contributed by atoms with Crippen LogP contribution in [0.5, 0.6) is 0 Å². The number of hydrogen-bond acceptors (Lipinski definition) is 10. The molecule has 4 heterocycles. The van der Waals surface area contributed by atoms with Crippen LogP contribution in [0.3, 0.4) is 0 Å². The van der Waals surface area contributed by atoms with Crippen LogP contribution in [0.15, 0.2) is 53.2 Å². The molecule has 0 bridgehead atoms. The summed E-state index contributed by atoms with van der Waals surface area (Å²) < 4.78 is 5.52. The van der Waals surface area contributed by atoms with Gasteiger partial charge in [0.25, 0.3) is 11.8 Å². The molecule has 6 rings (SSSR count). The second-order valence-electron chi connectivity index (χ2n) is 13.2. The molecule has 0 saturated heterocycles. The summed E-state index contributed by atoms with van der Waals surface area (Å²) in [6.07, 6.45) is 8.91. The van der Waals surface area contributed by atoms with Gasteiger partial charge in [0, 0.05) is 68.0 Å². The molecule has 1 aromatic carbocycles. The Kier molecular flexibility index (Phi) is 10.7. The van der Waals surface area contributed by atoms with E-state index in [9.17, 15) is 29.1 Å². The van der Waals surface area contributed by atoms with Gasteiger partial charge < -0.3 is 30.7 Å². The highest BCUT2D eigenvalue weighted by Gasteiger charge is 2.51. The molecule has 0 spiro atoms. The van der Waals surface area contributed by atoms with Crippen LogP contribution in [0, 0.1) is 0 Å². The van der Waals surface area contributed by atoms with E-state index in [1.54, 1.807) is 22.1 Å². The average Bonchev–Trinajstić information content (AvgIpc) is 3.90. The third kappa shape index (κ3) is 7.92. The number of amidine groups is 1. The maximum Gasteiger partial charge on any atom is 0.253 e. The quantitative estimate of drug-likeness (QED) is 0.196. The van der Waals surface area contributed by atoms with Gasteiger partial charge in [-0.2, -0.15) is 0 Å². The molecular weight excluding hydrogens is 654 g/mol. The molecule has 4 aliphatic rings. The number of ether oxygens (including phenoxy) is 1. The van der Waals surface area contributed by atoms with E-state index in [2.05, 4.69) is 15.3 Å². The second kappa shape index (κ2) is 15.4. The zero-order chi connectivity index (χ0) is 36.1. The molecule has 4 N–H and O–H groups in total. The molecule has 2 aromatic rings. The lowest BCUT2D eigenvalue weighted by atomic mass is 9.92. The number of fused-ring (bicyclic) bond motifs is 2. The van der Waals surface area contributed by atoms with Gasteiger partial charge in [-0.3, -0.25) is 33.9 Å². The number of aromatic nitrogens is 1. The van der Waals surface area contributed by atoms with Gasteiger partial charge >= 0.3 is 0 Å². The summed E-state index contributed by atoms with van der Waals surface area (Å²) in [6, 6.07) is 7.51.